The van der Waals surface area contributed by atoms with Crippen LogP contribution in [0.2, 0.25) is 0 Å². The molecule has 0 aliphatic carbocycles. The molecule has 0 atom stereocenters. The van der Waals surface area contributed by atoms with E-state index in [1.807, 2.05) is 9.44 Å². The molecule has 0 aliphatic rings. The smallest absolute Gasteiger partial charge is 0.414 e. The van der Waals surface area contributed by atoms with Gasteiger partial charge in [0.05, 0.1) is 0 Å². The Morgan fingerprint density at radius 3 is 2.64 bits per heavy atom. The topological polar surface area (TPSA) is 131 Å². The molecule has 0 radical (unpaired) electrons. The zero-order valence-electron chi connectivity index (χ0n) is 17.8. The van der Waals surface area contributed by atoms with Crippen LogP contribution in [0.4, 0.5) is 15.0 Å². The van der Waals surface area contributed by atoms with Crippen LogP contribution in [0.15, 0.2) is 39.7 Å². The maximum atomic E-state index is 14.9. The van der Waals surface area contributed by atoms with Crippen LogP contribution < -0.4 is 19.8 Å². The third kappa shape index (κ3) is 5.49. The lowest BCUT2D eigenvalue weighted by molar-refractivity contribution is 0.172. The summed E-state index contributed by atoms with van der Waals surface area (Å²) < 4.78 is 52.9. The van der Waals surface area contributed by atoms with Gasteiger partial charge >= 0.3 is 11.7 Å². The van der Waals surface area contributed by atoms with E-state index in [9.17, 15) is 22.4 Å². The van der Waals surface area contributed by atoms with Gasteiger partial charge in [0.2, 0.25) is 0 Å². The molecular formula is C20H20BrFN4O6S. The van der Waals surface area contributed by atoms with Gasteiger partial charge in [-0.15, -0.1) is 0 Å². The van der Waals surface area contributed by atoms with Crippen molar-refractivity contribution in [3.63, 3.8) is 0 Å². The number of rotatable bonds is 7. The second-order valence-corrected chi connectivity index (χ2v) is 9.20. The van der Waals surface area contributed by atoms with E-state index in [1.54, 1.807) is 12.1 Å². The van der Waals surface area contributed by atoms with Gasteiger partial charge in [0.15, 0.2) is 11.6 Å². The van der Waals surface area contributed by atoms with E-state index in [0.717, 1.165) is 0 Å². The SMILES string of the molecule is CNS(=O)(=O)Nc1nccc(Cc2c(CBr)c3ccc(OC(=O)N(C)C)cc3oc2=O)c1F. The minimum Gasteiger partial charge on any atom is -0.422 e. The molecule has 0 spiro atoms. The van der Waals surface area contributed by atoms with Crippen LogP contribution in [0.25, 0.3) is 11.0 Å². The molecular weight excluding hydrogens is 523 g/mol. The summed E-state index contributed by atoms with van der Waals surface area (Å²) in [6.45, 7) is 0. The number of alkyl halides is 1. The van der Waals surface area contributed by atoms with Crippen molar-refractivity contribution in [3.8, 4) is 5.75 Å². The monoisotopic (exact) mass is 542 g/mol. The summed E-state index contributed by atoms with van der Waals surface area (Å²) in [7, 11) is 0.252. The van der Waals surface area contributed by atoms with Crippen molar-refractivity contribution < 1.29 is 26.8 Å². The van der Waals surface area contributed by atoms with E-state index in [-0.39, 0.29) is 34.2 Å². The summed E-state index contributed by atoms with van der Waals surface area (Å²) in [6.07, 6.45) is 0.472. The third-order valence-corrected chi connectivity index (χ3v) is 6.19. The Bertz CT molecular complexity index is 1380. The van der Waals surface area contributed by atoms with Gasteiger partial charge in [-0.1, -0.05) is 15.9 Å². The number of amides is 1. The van der Waals surface area contributed by atoms with Crippen LogP contribution in [-0.4, -0.2) is 45.5 Å². The van der Waals surface area contributed by atoms with Crippen molar-refractivity contribution in [2.24, 2.45) is 0 Å². The average molecular weight is 543 g/mol. The minimum atomic E-state index is -3.98. The fraction of sp³-hybridized carbons (Fsp3) is 0.250. The van der Waals surface area contributed by atoms with E-state index in [2.05, 4.69) is 20.9 Å². The fourth-order valence-electron chi connectivity index (χ4n) is 2.93. The van der Waals surface area contributed by atoms with Crippen molar-refractivity contribution in [2.45, 2.75) is 11.8 Å². The predicted molar refractivity (Wildman–Crippen MR) is 123 cm³/mol. The normalized spacial score (nSPS) is 11.4. The molecule has 0 aliphatic heterocycles. The van der Waals surface area contributed by atoms with E-state index in [0.29, 0.717) is 10.9 Å². The van der Waals surface area contributed by atoms with Crippen LogP contribution in [0, 0.1) is 5.82 Å². The maximum Gasteiger partial charge on any atom is 0.414 e. The summed E-state index contributed by atoms with van der Waals surface area (Å²) in [5.41, 5.74) is 0.274. The molecule has 0 fully saturated rings. The fourth-order valence-corrected chi connectivity index (χ4v) is 4.07. The number of pyridine rings is 1. The number of nitrogens with one attached hydrogen (secondary N) is 2. The first-order valence-electron chi connectivity index (χ1n) is 9.44. The van der Waals surface area contributed by atoms with Gasteiger partial charge in [0.1, 0.15) is 11.3 Å². The largest absolute Gasteiger partial charge is 0.422 e. The molecule has 3 aromatic rings. The lowest BCUT2D eigenvalue weighted by Crippen LogP contribution is -2.27. The summed E-state index contributed by atoms with van der Waals surface area (Å²) in [6, 6.07) is 5.95. The summed E-state index contributed by atoms with van der Waals surface area (Å²) in [4.78, 5) is 29.5. The van der Waals surface area contributed by atoms with Crippen LogP contribution in [0.3, 0.4) is 0 Å². The zero-order valence-corrected chi connectivity index (χ0v) is 20.2. The molecule has 1 amide bonds. The van der Waals surface area contributed by atoms with Gasteiger partial charge in [0.25, 0.3) is 10.2 Å². The van der Waals surface area contributed by atoms with Crippen LogP contribution in [-0.2, 0) is 22.0 Å². The molecule has 0 saturated heterocycles. The molecule has 10 nitrogen and oxygen atoms in total. The molecule has 1 aromatic carbocycles. The average Bonchev–Trinajstić information content (AvgIpc) is 2.76. The number of benzene rings is 1. The third-order valence-electron chi connectivity index (χ3n) is 4.63. The van der Waals surface area contributed by atoms with Crippen molar-refractivity contribution in [1.29, 1.82) is 0 Å². The Morgan fingerprint density at radius 1 is 1.27 bits per heavy atom. The van der Waals surface area contributed by atoms with Gasteiger partial charge in [-0.2, -0.15) is 8.42 Å². The molecule has 0 bridgehead atoms. The Balaban J connectivity index is 2.03. The first kappa shape index (κ1) is 24.6. The van der Waals surface area contributed by atoms with Gasteiger partial charge < -0.3 is 14.1 Å². The maximum absolute atomic E-state index is 14.9. The quantitative estimate of drug-likeness (QED) is 0.346. The number of fused-ring (bicyclic) bond motifs is 1. The first-order chi connectivity index (χ1) is 15.6. The number of hydrogen-bond donors (Lipinski definition) is 2. The second kappa shape index (κ2) is 9.85. The van der Waals surface area contributed by atoms with Crippen LogP contribution in [0.1, 0.15) is 16.7 Å². The number of anilines is 1. The number of carbonyl (C=O) groups excluding carboxylic acids is 1. The Hall–Kier alpha value is -3.03. The Labute approximate surface area is 197 Å². The molecule has 176 valence electrons. The highest BCUT2D eigenvalue weighted by atomic mass is 79.9. The number of nitrogens with zero attached hydrogens (tertiary/aromatic N) is 2. The number of ether oxygens (including phenoxy) is 1. The molecule has 33 heavy (non-hydrogen) atoms. The molecule has 0 unspecified atom stereocenters. The number of carbonyl (C=O) groups is 1. The van der Waals surface area contributed by atoms with E-state index in [4.69, 9.17) is 9.15 Å². The Kier molecular flexibility index (Phi) is 7.34. The van der Waals surface area contributed by atoms with Gasteiger partial charge in [-0.05, 0) is 29.3 Å². The van der Waals surface area contributed by atoms with Gasteiger partial charge in [-0.25, -0.2) is 23.7 Å². The van der Waals surface area contributed by atoms with Crippen molar-refractivity contribution in [2.75, 3.05) is 25.9 Å². The molecule has 3 rings (SSSR count). The highest BCUT2D eigenvalue weighted by Crippen LogP contribution is 2.28. The zero-order chi connectivity index (χ0) is 24.3. The lowest BCUT2D eigenvalue weighted by atomic mass is 9.99. The number of hydrogen-bond acceptors (Lipinski definition) is 7. The van der Waals surface area contributed by atoms with E-state index >= 15 is 0 Å². The number of halogens is 2. The highest BCUT2D eigenvalue weighted by Gasteiger charge is 2.20. The standard InChI is InChI=1S/C20H20BrFN4O6S/c1-23-33(29,30)25-18-17(22)11(6-7-24-18)8-14-15(10-21)13-5-4-12(31-20(28)26(2)3)9-16(13)32-19(14)27/h4-7,9,23H,8,10H2,1-3H3,(H,24,25). The Morgan fingerprint density at radius 2 is 2.00 bits per heavy atom. The molecule has 13 heteroatoms. The summed E-state index contributed by atoms with van der Waals surface area (Å²) in [5, 5.41) is 0.824. The minimum absolute atomic E-state index is 0.0455. The van der Waals surface area contributed by atoms with Crippen molar-refractivity contribution >= 4 is 49.0 Å². The summed E-state index contributed by atoms with van der Waals surface area (Å²) >= 11 is 3.36. The van der Waals surface area contributed by atoms with Crippen LogP contribution in [0.5, 0.6) is 5.75 Å². The molecule has 2 aromatic heterocycles. The van der Waals surface area contributed by atoms with Crippen LogP contribution >= 0.6 is 15.9 Å². The highest BCUT2D eigenvalue weighted by molar-refractivity contribution is 9.08. The second-order valence-electron chi connectivity index (χ2n) is 7.02. The van der Waals surface area contributed by atoms with Gasteiger partial charge in [0, 0.05) is 56.1 Å². The first-order valence-corrected chi connectivity index (χ1v) is 12.0. The molecule has 2 heterocycles. The van der Waals surface area contributed by atoms with Crippen molar-refractivity contribution in [1.82, 2.24) is 14.6 Å². The summed E-state index contributed by atoms with van der Waals surface area (Å²) in [5.74, 6) is -1.22. The van der Waals surface area contributed by atoms with Gasteiger partial charge in [-0.3, -0.25) is 4.72 Å². The molecule has 2 N–H and O–H groups in total. The lowest BCUT2D eigenvalue weighted by Gasteiger charge is -2.13. The van der Waals surface area contributed by atoms with Crippen molar-refractivity contribution in [3.05, 3.63) is 63.4 Å². The number of aromatic nitrogens is 1. The van der Waals surface area contributed by atoms with E-state index < -0.39 is 33.6 Å². The predicted octanol–water partition coefficient (Wildman–Crippen LogP) is 2.75. The molecule has 0 saturated carbocycles. The van der Waals surface area contributed by atoms with E-state index in [1.165, 1.54) is 44.4 Å².